The number of hydrogen-bond acceptors (Lipinski definition) is 3. The molecule has 0 spiro atoms. The van der Waals surface area contributed by atoms with E-state index in [4.69, 9.17) is 0 Å². The second-order valence-electron chi connectivity index (χ2n) is 8.42. The number of nitrogens with zero attached hydrogens (tertiary/aromatic N) is 2. The molecule has 1 atom stereocenters. The number of likely N-dealkylation sites (N-methyl/N-ethyl adjacent to an activating group) is 1. The van der Waals surface area contributed by atoms with Gasteiger partial charge in [-0.3, -0.25) is 4.79 Å². The van der Waals surface area contributed by atoms with Crippen LogP contribution in [0.2, 0.25) is 0 Å². The molecule has 5 heteroatoms. The van der Waals surface area contributed by atoms with Crippen LogP contribution >= 0.6 is 0 Å². The smallest absolute Gasteiger partial charge is 0.224 e. The molecule has 1 aliphatic carbocycles. The number of piperazine rings is 1. The highest BCUT2D eigenvalue weighted by Crippen LogP contribution is 2.28. The predicted molar refractivity (Wildman–Crippen MR) is 115 cm³/mol. The Morgan fingerprint density at radius 3 is 2.62 bits per heavy atom. The summed E-state index contributed by atoms with van der Waals surface area (Å²) in [6.45, 7) is 5.72. The standard InChI is InChI=1S/C24H30FN3O/c1-17(26-24(29)15-18-6-7-19-4-3-5-20(19)14-18)22-16-21(25)8-9-23(22)28-12-10-27(2)11-13-28/h6-9,14,16-17H,3-5,10-13,15H2,1-2H3,(H,26,29). The van der Waals surface area contributed by atoms with E-state index in [1.807, 2.05) is 13.0 Å². The fourth-order valence-corrected chi connectivity index (χ4v) is 4.50. The summed E-state index contributed by atoms with van der Waals surface area (Å²) in [6, 6.07) is 11.1. The van der Waals surface area contributed by atoms with Crippen molar-refractivity contribution in [3.8, 4) is 0 Å². The van der Waals surface area contributed by atoms with Crippen LogP contribution in [-0.2, 0) is 24.1 Å². The molecule has 1 N–H and O–H groups in total. The van der Waals surface area contributed by atoms with Crippen LogP contribution in [0.5, 0.6) is 0 Å². The van der Waals surface area contributed by atoms with Crippen molar-refractivity contribution in [1.82, 2.24) is 10.2 Å². The first-order valence-corrected chi connectivity index (χ1v) is 10.6. The normalized spacial score (nSPS) is 17.8. The minimum atomic E-state index is -0.266. The average molecular weight is 396 g/mol. The number of aryl methyl sites for hydroxylation is 2. The lowest BCUT2D eigenvalue weighted by Gasteiger charge is -2.36. The third-order valence-electron chi connectivity index (χ3n) is 6.21. The Labute approximate surface area is 172 Å². The van der Waals surface area contributed by atoms with Gasteiger partial charge in [-0.1, -0.05) is 18.2 Å². The summed E-state index contributed by atoms with van der Waals surface area (Å²) in [6.07, 6.45) is 3.82. The summed E-state index contributed by atoms with van der Waals surface area (Å²) in [5.41, 5.74) is 5.71. The monoisotopic (exact) mass is 395 g/mol. The van der Waals surface area contributed by atoms with Crippen LogP contribution in [0.15, 0.2) is 36.4 Å². The number of fused-ring (bicyclic) bond motifs is 1. The Hall–Kier alpha value is -2.40. The van der Waals surface area contributed by atoms with Crippen molar-refractivity contribution in [3.05, 3.63) is 64.5 Å². The zero-order valence-corrected chi connectivity index (χ0v) is 17.4. The van der Waals surface area contributed by atoms with Gasteiger partial charge in [0.15, 0.2) is 0 Å². The van der Waals surface area contributed by atoms with Gasteiger partial charge in [0, 0.05) is 37.4 Å². The quantitative estimate of drug-likeness (QED) is 0.842. The van der Waals surface area contributed by atoms with E-state index in [9.17, 15) is 9.18 Å². The minimum absolute atomic E-state index is 0.0240. The molecule has 1 aliphatic heterocycles. The fraction of sp³-hybridized carbons (Fsp3) is 0.458. The van der Waals surface area contributed by atoms with Crippen molar-refractivity contribution < 1.29 is 9.18 Å². The molecule has 0 radical (unpaired) electrons. The van der Waals surface area contributed by atoms with E-state index in [0.29, 0.717) is 6.42 Å². The number of rotatable bonds is 5. The largest absolute Gasteiger partial charge is 0.369 e. The zero-order valence-electron chi connectivity index (χ0n) is 17.4. The molecule has 1 heterocycles. The van der Waals surface area contributed by atoms with Crippen molar-refractivity contribution in [2.24, 2.45) is 0 Å². The summed E-state index contributed by atoms with van der Waals surface area (Å²) in [5, 5.41) is 3.09. The number of hydrogen-bond donors (Lipinski definition) is 1. The number of halogens is 1. The van der Waals surface area contributed by atoms with Crippen LogP contribution in [0.4, 0.5) is 10.1 Å². The second kappa shape index (κ2) is 8.54. The highest BCUT2D eigenvalue weighted by Gasteiger charge is 2.21. The maximum atomic E-state index is 14.0. The lowest BCUT2D eigenvalue weighted by molar-refractivity contribution is -0.121. The van der Waals surface area contributed by atoms with Gasteiger partial charge in [0.05, 0.1) is 12.5 Å². The van der Waals surface area contributed by atoms with Crippen LogP contribution in [0.25, 0.3) is 0 Å². The molecule has 1 fully saturated rings. The van der Waals surface area contributed by atoms with Gasteiger partial charge in [-0.25, -0.2) is 4.39 Å². The maximum Gasteiger partial charge on any atom is 0.224 e. The number of nitrogens with one attached hydrogen (secondary N) is 1. The van der Waals surface area contributed by atoms with Gasteiger partial charge in [-0.2, -0.15) is 0 Å². The SMILES string of the molecule is CC(NC(=O)Cc1ccc2c(c1)CCC2)c1cc(F)ccc1N1CCN(C)CC1. The van der Waals surface area contributed by atoms with E-state index < -0.39 is 0 Å². The van der Waals surface area contributed by atoms with E-state index in [2.05, 4.69) is 40.4 Å². The summed E-state index contributed by atoms with van der Waals surface area (Å²) in [7, 11) is 2.12. The van der Waals surface area contributed by atoms with Crippen molar-refractivity contribution in [2.45, 2.75) is 38.6 Å². The van der Waals surface area contributed by atoms with Crippen LogP contribution in [0, 0.1) is 5.82 Å². The lowest BCUT2D eigenvalue weighted by Crippen LogP contribution is -2.45. The molecular weight excluding hydrogens is 365 g/mol. The number of carbonyl (C=O) groups excluding carboxylic acids is 1. The molecule has 1 saturated heterocycles. The molecular formula is C24H30FN3O. The van der Waals surface area contributed by atoms with Gasteiger partial charge in [0.1, 0.15) is 5.82 Å². The number of carbonyl (C=O) groups is 1. The highest BCUT2D eigenvalue weighted by atomic mass is 19.1. The summed E-state index contributed by atoms with van der Waals surface area (Å²) in [5.74, 6) is -0.290. The molecule has 4 nitrogen and oxygen atoms in total. The van der Waals surface area contributed by atoms with Gasteiger partial charge >= 0.3 is 0 Å². The third kappa shape index (κ3) is 4.61. The predicted octanol–water partition coefficient (Wildman–Crippen LogP) is 3.49. The molecule has 2 aromatic carbocycles. The molecule has 2 aliphatic rings. The van der Waals surface area contributed by atoms with Crippen molar-refractivity contribution >= 4 is 11.6 Å². The van der Waals surface area contributed by atoms with E-state index in [1.165, 1.54) is 23.6 Å². The number of amides is 1. The Balaban J connectivity index is 1.45. The second-order valence-corrected chi connectivity index (χ2v) is 8.42. The first-order chi connectivity index (χ1) is 14.0. The fourth-order valence-electron chi connectivity index (χ4n) is 4.50. The summed E-state index contributed by atoms with van der Waals surface area (Å²) >= 11 is 0. The Bertz CT molecular complexity index is 890. The number of benzene rings is 2. The van der Waals surface area contributed by atoms with Gasteiger partial charge in [0.2, 0.25) is 5.91 Å². The van der Waals surface area contributed by atoms with Gasteiger partial charge in [-0.05, 0) is 68.1 Å². The zero-order chi connectivity index (χ0) is 20.4. The van der Waals surface area contributed by atoms with Gasteiger partial charge in [-0.15, -0.1) is 0 Å². The topological polar surface area (TPSA) is 35.6 Å². The molecule has 1 amide bonds. The van der Waals surface area contributed by atoms with Crippen LogP contribution in [0.3, 0.4) is 0 Å². The van der Waals surface area contributed by atoms with Gasteiger partial charge < -0.3 is 15.1 Å². The molecule has 29 heavy (non-hydrogen) atoms. The number of anilines is 1. The highest BCUT2D eigenvalue weighted by molar-refractivity contribution is 5.79. The summed E-state index contributed by atoms with van der Waals surface area (Å²) < 4.78 is 14.0. The van der Waals surface area contributed by atoms with Crippen LogP contribution in [-0.4, -0.2) is 44.0 Å². The van der Waals surface area contributed by atoms with E-state index in [-0.39, 0.29) is 17.8 Å². The Morgan fingerprint density at radius 1 is 1.07 bits per heavy atom. The molecule has 0 saturated carbocycles. The Kier molecular flexibility index (Phi) is 5.86. The van der Waals surface area contributed by atoms with Crippen molar-refractivity contribution in [1.29, 1.82) is 0 Å². The van der Waals surface area contributed by atoms with Crippen LogP contribution < -0.4 is 10.2 Å². The minimum Gasteiger partial charge on any atom is -0.369 e. The van der Waals surface area contributed by atoms with E-state index in [1.54, 1.807) is 6.07 Å². The molecule has 154 valence electrons. The van der Waals surface area contributed by atoms with E-state index >= 15 is 0 Å². The maximum absolute atomic E-state index is 14.0. The molecule has 2 aromatic rings. The molecule has 4 rings (SSSR count). The first kappa shape index (κ1) is 19.9. The first-order valence-electron chi connectivity index (χ1n) is 10.6. The molecule has 0 bridgehead atoms. The third-order valence-corrected chi connectivity index (χ3v) is 6.21. The van der Waals surface area contributed by atoms with Crippen molar-refractivity contribution in [2.75, 3.05) is 38.1 Å². The van der Waals surface area contributed by atoms with Gasteiger partial charge in [0.25, 0.3) is 0 Å². The van der Waals surface area contributed by atoms with Crippen LogP contribution in [0.1, 0.15) is 41.6 Å². The van der Waals surface area contributed by atoms with Crippen molar-refractivity contribution in [3.63, 3.8) is 0 Å². The summed E-state index contributed by atoms with van der Waals surface area (Å²) in [4.78, 5) is 17.3. The molecule has 1 unspecified atom stereocenters. The average Bonchev–Trinajstić information content (AvgIpc) is 3.16. The molecule has 0 aromatic heterocycles. The Morgan fingerprint density at radius 2 is 1.83 bits per heavy atom. The van der Waals surface area contributed by atoms with E-state index in [0.717, 1.165) is 55.8 Å². The lowest BCUT2D eigenvalue weighted by atomic mass is 10.0.